The molecule has 1 aliphatic rings. The normalized spacial score (nSPS) is 16.3. The molecule has 1 heterocycles. The molecule has 0 bridgehead atoms. The zero-order chi connectivity index (χ0) is 16.4. The Morgan fingerprint density at radius 1 is 1.14 bits per heavy atom. The van der Waals surface area contributed by atoms with Gasteiger partial charge < -0.3 is 4.90 Å². The summed E-state index contributed by atoms with van der Waals surface area (Å²) in [4.78, 5) is 13.5. The van der Waals surface area contributed by atoms with Gasteiger partial charge in [0, 0.05) is 25.3 Å². The SMILES string of the molecule is CCS(=O)(=O)C1CN(C(=O)CCS(=O)(=O)c2ccccc2)C1. The Balaban J connectivity index is 1.88. The fraction of sp³-hybridized carbons (Fsp3) is 0.500. The van der Waals surface area contributed by atoms with Crippen molar-refractivity contribution in [3.63, 3.8) is 0 Å². The molecular weight excluding hydrogens is 326 g/mol. The van der Waals surface area contributed by atoms with Crippen LogP contribution in [0.4, 0.5) is 0 Å². The van der Waals surface area contributed by atoms with Crippen molar-refractivity contribution in [1.82, 2.24) is 4.90 Å². The number of hydrogen-bond acceptors (Lipinski definition) is 5. The number of hydrogen-bond donors (Lipinski definition) is 0. The van der Waals surface area contributed by atoms with Gasteiger partial charge in [-0.05, 0) is 12.1 Å². The lowest BCUT2D eigenvalue weighted by molar-refractivity contribution is -0.133. The third kappa shape index (κ3) is 3.67. The maximum atomic E-state index is 12.1. The molecule has 0 aliphatic carbocycles. The summed E-state index contributed by atoms with van der Waals surface area (Å²) in [6, 6.07) is 7.97. The van der Waals surface area contributed by atoms with Gasteiger partial charge in [-0.3, -0.25) is 4.79 Å². The molecule has 0 spiro atoms. The van der Waals surface area contributed by atoms with Crippen molar-refractivity contribution in [3.05, 3.63) is 30.3 Å². The number of benzene rings is 1. The van der Waals surface area contributed by atoms with Gasteiger partial charge in [-0.15, -0.1) is 0 Å². The van der Waals surface area contributed by atoms with Crippen LogP contribution in [-0.4, -0.2) is 57.5 Å². The van der Waals surface area contributed by atoms with Gasteiger partial charge in [-0.2, -0.15) is 0 Å². The standard InChI is InChI=1S/C14H19NO5S2/c1-2-21(17,18)13-10-15(11-13)14(16)8-9-22(19,20)12-6-4-3-5-7-12/h3-7,13H,2,8-11H2,1H3. The second kappa shape index (κ2) is 6.37. The van der Waals surface area contributed by atoms with E-state index in [9.17, 15) is 21.6 Å². The molecule has 0 N–H and O–H groups in total. The first-order valence-corrected chi connectivity index (χ1v) is 10.4. The van der Waals surface area contributed by atoms with Crippen LogP contribution in [0.5, 0.6) is 0 Å². The molecule has 1 aromatic carbocycles. The first kappa shape index (κ1) is 17.0. The van der Waals surface area contributed by atoms with Gasteiger partial charge in [0.15, 0.2) is 19.7 Å². The largest absolute Gasteiger partial charge is 0.340 e. The minimum atomic E-state index is -3.49. The Labute approximate surface area is 131 Å². The van der Waals surface area contributed by atoms with E-state index in [1.54, 1.807) is 25.1 Å². The van der Waals surface area contributed by atoms with Crippen molar-refractivity contribution in [2.45, 2.75) is 23.5 Å². The predicted molar refractivity (Wildman–Crippen MR) is 82.9 cm³/mol. The summed E-state index contributed by atoms with van der Waals surface area (Å²) in [5, 5.41) is -0.507. The molecular formula is C14H19NO5S2. The Morgan fingerprint density at radius 2 is 1.73 bits per heavy atom. The van der Waals surface area contributed by atoms with Crippen LogP contribution in [-0.2, 0) is 24.5 Å². The van der Waals surface area contributed by atoms with E-state index in [0.717, 1.165) is 0 Å². The smallest absolute Gasteiger partial charge is 0.223 e. The number of amides is 1. The molecule has 0 saturated carbocycles. The lowest BCUT2D eigenvalue weighted by atomic mass is 10.2. The highest BCUT2D eigenvalue weighted by Crippen LogP contribution is 2.19. The first-order valence-electron chi connectivity index (χ1n) is 7.03. The predicted octanol–water partition coefficient (Wildman–Crippen LogP) is 0.496. The minimum absolute atomic E-state index is 0.0576. The second-order valence-corrected chi connectivity index (χ2v) is 9.93. The lowest BCUT2D eigenvalue weighted by Gasteiger charge is -2.38. The fourth-order valence-corrected chi connectivity index (χ4v) is 4.77. The van der Waals surface area contributed by atoms with Gasteiger partial charge in [0.2, 0.25) is 5.91 Å². The number of nitrogens with zero attached hydrogens (tertiary/aromatic N) is 1. The highest BCUT2D eigenvalue weighted by atomic mass is 32.2. The highest BCUT2D eigenvalue weighted by molar-refractivity contribution is 7.92. The van der Waals surface area contributed by atoms with E-state index in [1.165, 1.54) is 17.0 Å². The Kier molecular flexibility index (Phi) is 4.91. The van der Waals surface area contributed by atoms with Gasteiger partial charge >= 0.3 is 0 Å². The summed E-state index contributed by atoms with van der Waals surface area (Å²) in [6.07, 6.45) is -0.129. The third-order valence-electron chi connectivity index (χ3n) is 3.80. The summed E-state index contributed by atoms with van der Waals surface area (Å²) >= 11 is 0. The molecule has 1 fully saturated rings. The van der Waals surface area contributed by atoms with Crippen LogP contribution in [0.15, 0.2) is 35.2 Å². The van der Waals surface area contributed by atoms with Gasteiger partial charge in [-0.25, -0.2) is 16.8 Å². The van der Waals surface area contributed by atoms with Crippen LogP contribution in [0.3, 0.4) is 0 Å². The van der Waals surface area contributed by atoms with E-state index in [4.69, 9.17) is 0 Å². The Hall–Kier alpha value is -1.41. The monoisotopic (exact) mass is 345 g/mol. The van der Waals surface area contributed by atoms with Crippen LogP contribution in [0.2, 0.25) is 0 Å². The summed E-state index contributed by atoms with van der Waals surface area (Å²) in [6.45, 7) is 1.91. The topological polar surface area (TPSA) is 88.6 Å². The van der Waals surface area contributed by atoms with Crippen LogP contribution >= 0.6 is 0 Å². The van der Waals surface area contributed by atoms with Crippen LogP contribution in [0, 0.1) is 0 Å². The zero-order valence-electron chi connectivity index (χ0n) is 12.3. The molecule has 6 nitrogen and oxygen atoms in total. The van der Waals surface area contributed by atoms with Crippen LogP contribution in [0.1, 0.15) is 13.3 Å². The summed E-state index contributed by atoms with van der Waals surface area (Å²) in [7, 11) is -6.61. The highest BCUT2D eigenvalue weighted by Gasteiger charge is 2.38. The Morgan fingerprint density at radius 3 is 2.27 bits per heavy atom. The average Bonchev–Trinajstić information content (AvgIpc) is 2.44. The van der Waals surface area contributed by atoms with Gasteiger partial charge in [-0.1, -0.05) is 25.1 Å². The van der Waals surface area contributed by atoms with E-state index in [2.05, 4.69) is 0 Å². The van der Waals surface area contributed by atoms with Gasteiger partial charge in [0.25, 0.3) is 0 Å². The van der Waals surface area contributed by atoms with Crippen LogP contribution < -0.4 is 0 Å². The molecule has 22 heavy (non-hydrogen) atoms. The van der Waals surface area contributed by atoms with Crippen LogP contribution in [0.25, 0.3) is 0 Å². The van der Waals surface area contributed by atoms with E-state index in [0.29, 0.717) is 0 Å². The van der Waals surface area contributed by atoms with E-state index < -0.39 is 24.9 Å². The van der Waals surface area contributed by atoms with Gasteiger partial charge in [0.1, 0.15) is 0 Å². The quantitative estimate of drug-likeness (QED) is 0.749. The maximum absolute atomic E-state index is 12.1. The van der Waals surface area contributed by atoms with Crippen molar-refractivity contribution in [2.24, 2.45) is 0 Å². The first-order chi connectivity index (χ1) is 10.3. The molecule has 0 atom stereocenters. The van der Waals surface area contributed by atoms with Crippen molar-refractivity contribution < 1.29 is 21.6 Å². The number of sulfone groups is 2. The zero-order valence-corrected chi connectivity index (χ0v) is 13.9. The Bertz CT molecular complexity index is 735. The van der Waals surface area contributed by atoms with E-state index >= 15 is 0 Å². The number of rotatable bonds is 6. The van der Waals surface area contributed by atoms with Crippen molar-refractivity contribution in [3.8, 4) is 0 Å². The summed E-state index contributed by atoms with van der Waals surface area (Å²) < 4.78 is 47.4. The second-order valence-electron chi connectivity index (χ2n) is 5.25. The van der Waals surface area contributed by atoms with Crippen molar-refractivity contribution >= 4 is 25.6 Å². The molecule has 1 aromatic rings. The number of carbonyl (C=O) groups is 1. The van der Waals surface area contributed by atoms with Crippen molar-refractivity contribution in [1.29, 1.82) is 0 Å². The molecule has 1 aliphatic heterocycles. The van der Waals surface area contributed by atoms with Gasteiger partial charge in [0.05, 0.1) is 15.9 Å². The molecule has 1 amide bonds. The molecule has 8 heteroatoms. The number of likely N-dealkylation sites (tertiary alicyclic amines) is 1. The van der Waals surface area contributed by atoms with Crippen molar-refractivity contribution in [2.75, 3.05) is 24.6 Å². The van der Waals surface area contributed by atoms with E-state index in [1.807, 2.05) is 0 Å². The molecule has 1 saturated heterocycles. The third-order valence-corrected chi connectivity index (χ3v) is 7.65. The summed E-state index contributed by atoms with van der Waals surface area (Å²) in [5.74, 6) is -0.526. The summed E-state index contributed by atoms with van der Waals surface area (Å²) in [5.41, 5.74) is 0. The average molecular weight is 345 g/mol. The van der Waals surface area contributed by atoms with E-state index in [-0.39, 0.29) is 41.8 Å². The lowest BCUT2D eigenvalue weighted by Crippen LogP contribution is -2.57. The number of carbonyl (C=O) groups excluding carboxylic acids is 1. The molecule has 0 aromatic heterocycles. The molecule has 0 unspecified atom stereocenters. The fourth-order valence-electron chi connectivity index (χ4n) is 2.23. The minimum Gasteiger partial charge on any atom is -0.340 e. The molecule has 0 radical (unpaired) electrons. The maximum Gasteiger partial charge on any atom is 0.223 e. The molecule has 122 valence electrons. The molecule has 2 rings (SSSR count).